The summed E-state index contributed by atoms with van der Waals surface area (Å²) in [5.74, 6) is 0.120. The van der Waals surface area contributed by atoms with Crippen LogP contribution in [0.2, 0.25) is 0 Å². The van der Waals surface area contributed by atoms with Gasteiger partial charge in [-0.1, -0.05) is 0 Å². The Bertz CT molecular complexity index is 403. The van der Waals surface area contributed by atoms with E-state index in [1.54, 1.807) is 0 Å². The topological polar surface area (TPSA) is 66.0 Å². The summed E-state index contributed by atoms with van der Waals surface area (Å²) in [7, 11) is -1.99. The first-order valence-corrected chi connectivity index (χ1v) is 7.50. The molecule has 0 fully saturated rings. The molecule has 1 heterocycles. The Balaban J connectivity index is 0.000000302. The molecule has 0 aromatic carbocycles. The molecule has 0 radical (unpaired) electrons. The number of rotatable bonds is 5. The molecule has 1 aromatic rings. The Labute approximate surface area is 108 Å². The molecule has 0 bridgehead atoms. The first-order valence-electron chi connectivity index (χ1n) is 5.39. The van der Waals surface area contributed by atoms with Crippen LogP contribution in [0.3, 0.4) is 0 Å². The van der Waals surface area contributed by atoms with Gasteiger partial charge in [0.2, 0.25) is 6.33 Å². The molecule has 5 nitrogen and oxygen atoms in total. The summed E-state index contributed by atoms with van der Waals surface area (Å²) in [5.41, 5.74) is 0. The Kier molecular flexibility index (Phi) is 8.20. The molecule has 0 atom stereocenters. The highest BCUT2D eigenvalue weighted by Gasteiger charge is 1.93. The van der Waals surface area contributed by atoms with Crippen molar-refractivity contribution in [2.45, 2.75) is 26.3 Å². The van der Waals surface area contributed by atoms with E-state index in [2.05, 4.69) is 24.0 Å². The van der Waals surface area contributed by atoms with E-state index in [1.165, 1.54) is 0 Å². The normalized spacial score (nSPS) is 10.8. The molecule has 0 unspecified atom stereocenters. The van der Waals surface area contributed by atoms with Gasteiger partial charge in [0.1, 0.15) is 12.4 Å². The number of hydrogen-bond donors (Lipinski definition) is 0. The number of aryl methyl sites for hydroxylation is 2. The highest BCUT2D eigenvalue weighted by Crippen LogP contribution is 1.94. The third-order valence-electron chi connectivity index (χ3n) is 1.97. The van der Waals surface area contributed by atoms with Gasteiger partial charge >= 0.3 is 0 Å². The molecule has 1 aromatic heterocycles. The lowest BCUT2D eigenvalue weighted by atomic mass is 10.4. The molecule has 17 heavy (non-hydrogen) atoms. The summed E-state index contributed by atoms with van der Waals surface area (Å²) >= 11 is 5.23. The highest BCUT2D eigenvalue weighted by atomic mass is 35.5. The van der Waals surface area contributed by atoms with Crippen LogP contribution in [0.25, 0.3) is 0 Å². The highest BCUT2D eigenvalue weighted by molar-refractivity contribution is 7.85. The van der Waals surface area contributed by atoms with Crippen LogP contribution in [0.5, 0.6) is 0 Å². The average molecular weight is 283 g/mol. The van der Waals surface area contributed by atoms with E-state index in [-0.39, 0.29) is 5.75 Å². The van der Waals surface area contributed by atoms with Crippen LogP contribution in [0.15, 0.2) is 18.7 Å². The zero-order chi connectivity index (χ0) is 13.3. The van der Waals surface area contributed by atoms with Crippen molar-refractivity contribution in [3.63, 3.8) is 0 Å². The molecule has 0 saturated carbocycles. The van der Waals surface area contributed by atoms with Crippen molar-refractivity contribution >= 4 is 21.7 Å². The zero-order valence-electron chi connectivity index (χ0n) is 10.2. The molecule has 0 amide bonds. The van der Waals surface area contributed by atoms with Crippen LogP contribution >= 0.6 is 11.6 Å². The largest absolute Gasteiger partial charge is 0.748 e. The van der Waals surface area contributed by atoms with E-state index >= 15 is 0 Å². The van der Waals surface area contributed by atoms with Gasteiger partial charge in [-0.05, 0) is 19.8 Å². The standard InChI is InChI=1S/C6H11N2.C4H9ClO3S/c1-3-8-5-4-7(2)6-8;5-3-1-2-4-9(6,7)8/h4-6H,3H2,1-2H3;1-4H2,(H,6,7,8)/q+1;/p-1. The van der Waals surface area contributed by atoms with E-state index in [0.717, 1.165) is 6.54 Å². The molecule has 0 N–H and O–H groups in total. The van der Waals surface area contributed by atoms with Crippen molar-refractivity contribution in [2.24, 2.45) is 7.05 Å². The van der Waals surface area contributed by atoms with Crippen LogP contribution in [-0.4, -0.2) is 29.2 Å². The number of nitrogens with zero attached hydrogens (tertiary/aromatic N) is 2. The van der Waals surface area contributed by atoms with Crippen molar-refractivity contribution in [2.75, 3.05) is 11.6 Å². The molecule has 1 rings (SSSR count). The lowest BCUT2D eigenvalue weighted by Gasteiger charge is -2.03. The molecule has 0 aliphatic carbocycles. The van der Waals surface area contributed by atoms with Gasteiger partial charge in [0.25, 0.3) is 0 Å². The number of hydrogen-bond acceptors (Lipinski definition) is 3. The lowest BCUT2D eigenvalue weighted by molar-refractivity contribution is -0.671. The van der Waals surface area contributed by atoms with E-state index in [9.17, 15) is 13.0 Å². The summed E-state index contributed by atoms with van der Waals surface area (Å²) in [6, 6.07) is 0. The van der Waals surface area contributed by atoms with Crippen molar-refractivity contribution < 1.29 is 17.5 Å². The average Bonchev–Trinajstić information content (AvgIpc) is 2.64. The monoisotopic (exact) mass is 282 g/mol. The van der Waals surface area contributed by atoms with E-state index in [1.807, 2.05) is 17.8 Å². The van der Waals surface area contributed by atoms with Crippen molar-refractivity contribution in [1.29, 1.82) is 0 Å². The maximum absolute atomic E-state index is 9.91. The summed E-state index contributed by atoms with van der Waals surface area (Å²) < 4.78 is 33.9. The van der Waals surface area contributed by atoms with Crippen molar-refractivity contribution in [3.8, 4) is 0 Å². The van der Waals surface area contributed by atoms with Gasteiger partial charge in [-0.3, -0.25) is 0 Å². The van der Waals surface area contributed by atoms with Gasteiger partial charge in [-0.2, -0.15) is 0 Å². The fourth-order valence-electron chi connectivity index (χ4n) is 1.06. The molecule has 100 valence electrons. The smallest absolute Gasteiger partial charge is 0.243 e. The van der Waals surface area contributed by atoms with Crippen LogP contribution in [0.1, 0.15) is 19.8 Å². The quantitative estimate of drug-likeness (QED) is 0.349. The number of halogens is 1. The Morgan fingerprint density at radius 2 is 2.06 bits per heavy atom. The molecule has 0 aliphatic heterocycles. The van der Waals surface area contributed by atoms with Crippen molar-refractivity contribution in [3.05, 3.63) is 18.7 Å². The second kappa shape index (κ2) is 8.49. The minimum Gasteiger partial charge on any atom is -0.748 e. The van der Waals surface area contributed by atoms with Gasteiger partial charge in [0.15, 0.2) is 0 Å². The molecular formula is C10H19ClN2O3S. The van der Waals surface area contributed by atoms with E-state index in [0.29, 0.717) is 18.7 Å². The number of unbranched alkanes of at least 4 members (excludes halogenated alkanes) is 1. The molecule has 0 aliphatic rings. The van der Waals surface area contributed by atoms with E-state index in [4.69, 9.17) is 11.6 Å². The summed E-state index contributed by atoms with van der Waals surface area (Å²) in [6.45, 7) is 3.18. The van der Waals surface area contributed by atoms with Gasteiger partial charge in [-0.25, -0.2) is 17.6 Å². The van der Waals surface area contributed by atoms with Gasteiger partial charge in [0.05, 0.1) is 23.7 Å². The maximum atomic E-state index is 9.91. The Hall–Kier alpha value is -0.590. The van der Waals surface area contributed by atoms with Gasteiger partial charge in [-0.15, -0.1) is 11.6 Å². The predicted octanol–water partition coefficient (Wildman–Crippen LogP) is 0.883. The minimum atomic E-state index is -4.01. The third kappa shape index (κ3) is 10.3. The van der Waals surface area contributed by atoms with Crippen LogP contribution in [-0.2, 0) is 23.7 Å². The van der Waals surface area contributed by atoms with E-state index < -0.39 is 10.1 Å². The first-order chi connectivity index (χ1) is 7.89. The summed E-state index contributed by atoms with van der Waals surface area (Å²) in [4.78, 5) is 0. The van der Waals surface area contributed by atoms with Crippen LogP contribution in [0, 0.1) is 0 Å². The first kappa shape index (κ1) is 16.4. The SMILES string of the molecule is CCn1cc[n+](C)c1.O=S(=O)([O-])CCCCCl. The number of alkyl halides is 1. The predicted molar refractivity (Wildman–Crippen MR) is 65.8 cm³/mol. The molecule has 7 heteroatoms. The minimum absolute atomic E-state index is 0.292. The Morgan fingerprint density at radius 1 is 1.41 bits per heavy atom. The van der Waals surface area contributed by atoms with Crippen molar-refractivity contribution in [1.82, 2.24) is 4.57 Å². The fourth-order valence-corrected chi connectivity index (χ4v) is 1.81. The lowest BCUT2D eigenvalue weighted by Crippen LogP contribution is -2.23. The van der Waals surface area contributed by atoms with Gasteiger partial charge < -0.3 is 4.55 Å². The second-order valence-corrected chi connectivity index (χ2v) is 5.47. The molecular weight excluding hydrogens is 264 g/mol. The maximum Gasteiger partial charge on any atom is 0.243 e. The zero-order valence-corrected chi connectivity index (χ0v) is 11.7. The fraction of sp³-hybridized carbons (Fsp3) is 0.700. The third-order valence-corrected chi connectivity index (χ3v) is 3.02. The molecule has 0 spiro atoms. The second-order valence-electron chi connectivity index (χ2n) is 3.57. The number of aromatic nitrogens is 2. The van der Waals surface area contributed by atoms with Crippen LogP contribution < -0.4 is 4.57 Å². The van der Waals surface area contributed by atoms with Crippen LogP contribution in [0.4, 0.5) is 0 Å². The van der Waals surface area contributed by atoms with Gasteiger partial charge in [0, 0.05) is 11.6 Å². The summed E-state index contributed by atoms with van der Waals surface area (Å²) in [6.07, 6.45) is 7.10. The Morgan fingerprint density at radius 3 is 2.35 bits per heavy atom. The summed E-state index contributed by atoms with van der Waals surface area (Å²) in [5, 5.41) is 0. The molecule has 0 saturated heterocycles. The number of imidazole rings is 1.